The molecule has 0 fully saturated rings. The molecule has 0 saturated heterocycles. The van der Waals surface area contributed by atoms with Gasteiger partial charge in [-0.2, -0.15) is 39.5 Å². The van der Waals surface area contributed by atoms with E-state index in [4.69, 9.17) is 0 Å². The molecule has 0 spiro atoms. The molecule has 0 N–H and O–H groups in total. The molecule has 13 heteroatoms. The van der Waals surface area contributed by atoms with Gasteiger partial charge in [0.1, 0.15) is 17.3 Å². The van der Waals surface area contributed by atoms with Crippen LogP contribution in [0.4, 0.5) is 43.9 Å². The van der Waals surface area contributed by atoms with Crippen molar-refractivity contribution in [1.29, 1.82) is 0 Å². The zero-order chi connectivity index (χ0) is 25.0. The van der Waals surface area contributed by atoms with Gasteiger partial charge >= 0.3 is 18.5 Å². The number of ketones is 1. The van der Waals surface area contributed by atoms with Crippen molar-refractivity contribution in [2.45, 2.75) is 18.5 Å². The molecule has 2 aromatic carbocycles. The monoisotopic (exact) mass is 490 g/mol. The third-order valence-corrected chi connectivity index (χ3v) is 3.74. The molecule has 0 aliphatic heterocycles. The van der Waals surface area contributed by atoms with Crippen LogP contribution in [0.25, 0.3) is 6.08 Å². The molecule has 2 aromatic rings. The van der Waals surface area contributed by atoms with Crippen molar-refractivity contribution in [1.82, 2.24) is 0 Å². The Morgan fingerprint density at radius 1 is 0.818 bits per heavy atom. The van der Waals surface area contributed by atoms with E-state index < -0.39 is 66.0 Å². The number of hydrogen-bond acceptors (Lipinski definition) is 3. The lowest BCUT2D eigenvalue weighted by Crippen LogP contribution is -2.21. The van der Waals surface area contributed by atoms with E-state index in [1.165, 1.54) is 0 Å². The molecule has 0 bridgehead atoms. The topological polar surface area (TPSA) is 35.5 Å². The summed E-state index contributed by atoms with van der Waals surface area (Å²) in [4.78, 5) is 12.4. The first-order chi connectivity index (χ1) is 15.0. The fraction of sp³-hybridized carbons (Fsp3) is 0.250. The van der Waals surface area contributed by atoms with E-state index in [1.54, 1.807) is 0 Å². The molecule has 180 valence electrons. The van der Waals surface area contributed by atoms with Gasteiger partial charge < -0.3 is 9.47 Å². The summed E-state index contributed by atoms with van der Waals surface area (Å²) >= 11 is 0. The van der Waals surface area contributed by atoms with Crippen molar-refractivity contribution < 1.29 is 58.2 Å². The summed E-state index contributed by atoms with van der Waals surface area (Å²) in [5.74, 6) is -3.87. The molecular weight excluding hydrogens is 478 g/mol. The molecule has 0 amide bonds. The molecule has 0 aliphatic rings. The van der Waals surface area contributed by atoms with E-state index in [0.29, 0.717) is 24.3 Å². The lowest BCUT2D eigenvalue weighted by atomic mass is 10.1. The van der Waals surface area contributed by atoms with Gasteiger partial charge in [-0.3, -0.25) is 4.79 Å². The van der Waals surface area contributed by atoms with E-state index >= 15 is 0 Å². The zero-order valence-corrected chi connectivity index (χ0v) is 16.0. The third-order valence-electron chi connectivity index (χ3n) is 3.74. The maximum atomic E-state index is 13.6. The quantitative estimate of drug-likeness (QED) is 0.249. The van der Waals surface area contributed by atoms with Crippen LogP contribution >= 0.6 is 0 Å². The van der Waals surface area contributed by atoms with Gasteiger partial charge in [-0.15, -0.1) is 0 Å². The number of ether oxygens (including phenoxy) is 2. The van der Waals surface area contributed by atoms with E-state index in [2.05, 4.69) is 9.47 Å². The average Bonchev–Trinajstić information content (AvgIpc) is 2.67. The van der Waals surface area contributed by atoms with Crippen LogP contribution < -0.4 is 9.47 Å². The molecule has 0 saturated carbocycles. The summed E-state index contributed by atoms with van der Waals surface area (Å²) in [6.07, 6.45) is -12.9. The zero-order valence-electron chi connectivity index (χ0n) is 16.0. The normalized spacial score (nSPS) is 12.8. The first kappa shape index (κ1) is 26.0. The molecule has 0 heterocycles. The Bertz CT molecular complexity index is 1020. The number of carbonyl (C=O) groups is 1. The van der Waals surface area contributed by atoms with Gasteiger partial charge in [0.05, 0.1) is 11.1 Å². The van der Waals surface area contributed by atoms with Crippen LogP contribution in [0.3, 0.4) is 0 Å². The highest BCUT2D eigenvalue weighted by Crippen LogP contribution is 2.32. The fourth-order valence-corrected chi connectivity index (χ4v) is 2.37. The summed E-state index contributed by atoms with van der Waals surface area (Å²) < 4.78 is 135. The van der Waals surface area contributed by atoms with Crippen molar-refractivity contribution >= 4 is 11.9 Å². The standard InChI is InChI=1S/C20H12F10O3/c21-15-7-11(1-4-14(15)20(28,29)30)2-5-16(31)13-8-12(32-9-18(22,23)24)3-6-17(13)33-10-19(25,26)27/h1-8H,9-10H2/b5-2+. The molecule has 0 unspecified atom stereocenters. The van der Waals surface area contributed by atoms with Gasteiger partial charge in [-0.1, -0.05) is 12.1 Å². The Balaban J connectivity index is 2.32. The predicted molar refractivity (Wildman–Crippen MR) is 94.3 cm³/mol. The maximum absolute atomic E-state index is 13.6. The predicted octanol–water partition coefficient (Wildman–Crippen LogP) is 6.62. The van der Waals surface area contributed by atoms with Crippen LogP contribution in [0.15, 0.2) is 42.5 Å². The SMILES string of the molecule is O=C(/C=C/c1ccc(C(F)(F)F)c(F)c1)c1cc(OCC(F)(F)F)ccc1OCC(F)(F)F. The van der Waals surface area contributed by atoms with Crippen molar-refractivity contribution in [3.63, 3.8) is 0 Å². The number of alkyl halides is 9. The number of benzene rings is 2. The van der Waals surface area contributed by atoms with Crippen LogP contribution in [-0.4, -0.2) is 31.3 Å². The fourth-order valence-electron chi connectivity index (χ4n) is 2.37. The average molecular weight is 490 g/mol. The van der Waals surface area contributed by atoms with Crippen molar-refractivity contribution in [2.24, 2.45) is 0 Å². The van der Waals surface area contributed by atoms with Crippen molar-refractivity contribution in [2.75, 3.05) is 13.2 Å². The van der Waals surface area contributed by atoms with Gasteiger partial charge in [0.25, 0.3) is 0 Å². The van der Waals surface area contributed by atoms with Gasteiger partial charge in [0, 0.05) is 0 Å². The first-order valence-corrected chi connectivity index (χ1v) is 8.67. The van der Waals surface area contributed by atoms with Crippen LogP contribution in [0.1, 0.15) is 21.5 Å². The van der Waals surface area contributed by atoms with Crippen LogP contribution in [0.5, 0.6) is 11.5 Å². The van der Waals surface area contributed by atoms with Crippen molar-refractivity contribution in [3.05, 3.63) is 65.0 Å². The number of halogens is 10. The van der Waals surface area contributed by atoms with E-state index in [-0.39, 0.29) is 5.56 Å². The number of rotatable bonds is 7. The third kappa shape index (κ3) is 8.31. The molecule has 0 aromatic heterocycles. The van der Waals surface area contributed by atoms with Gasteiger partial charge in [0.2, 0.25) is 0 Å². The van der Waals surface area contributed by atoms with Gasteiger partial charge in [0.15, 0.2) is 19.0 Å². The molecule has 3 nitrogen and oxygen atoms in total. The molecule has 0 atom stereocenters. The second-order valence-electron chi connectivity index (χ2n) is 6.40. The maximum Gasteiger partial charge on any atom is 0.422 e. The molecule has 2 rings (SSSR count). The van der Waals surface area contributed by atoms with Crippen LogP contribution in [-0.2, 0) is 6.18 Å². The van der Waals surface area contributed by atoms with Gasteiger partial charge in [-0.25, -0.2) is 4.39 Å². The largest absolute Gasteiger partial charge is 0.484 e. The first-order valence-electron chi connectivity index (χ1n) is 8.67. The summed E-state index contributed by atoms with van der Waals surface area (Å²) in [5, 5.41) is 0. The second kappa shape index (κ2) is 9.71. The lowest BCUT2D eigenvalue weighted by Gasteiger charge is -2.14. The van der Waals surface area contributed by atoms with Crippen LogP contribution in [0.2, 0.25) is 0 Å². The summed E-state index contributed by atoms with van der Waals surface area (Å²) in [5.41, 5.74) is -2.37. The Hall–Kier alpha value is -3.25. The molecule has 0 aliphatic carbocycles. The highest BCUT2D eigenvalue weighted by Gasteiger charge is 2.34. The summed E-state index contributed by atoms with van der Waals surface area (Å²) in [6, 6.07) is 4.07. The summed E-state index contributed by atoms with van der Waals surface area (Å²) in [7, 11) is 0. The summed E-state index contributed by atoms with van der Waals surface area (Å²) in [6.45, 7) is -3.56. The highest BCUT2D eigenvalue weighted by atomic mass is 19.4. The lowest BCUT2D eigenvalue weighted by molar-refractivity contribution is -0.154. The Morgan fingerprint density at radius 3 is 1.97 bits per heavy atom. The van der Waals surface area contributed by atoms with Gasteiger partial charge in [-0.05, 0) is 42.0 Å². The molecular formula is C20H12F10O3. The highest BCUT2D eigenvalue weighted by molar-refractivity contribution is 6.08. The smallest absolute Gasteiger partial charge is 0.422 e. The Morgan fingerprint density at radius 2 is 1.42 bits per heavy atom. The second-order valence-corrected chi connectivity index (χ2v) is 6.40. The minimum atomic E-state index is -4.95. The molecule has 0 radical (unpaired) electrons. The minimum Gasteiger partial charge on any atom is -0.484 e. The Kier molecular flexibility index (Phi) is 7.65. The van der Waals surface area contributed by atoms with Crippen molar-refractivity contribution in [3.8, 4) is 11.5 Å². The van der Waals surface area contributed by atoms with Crippen LogP contribution in [0, 0.1) is 5.82 Å². The number of carbonyl (C=O) groups excluding carboxylic acids is 1. The minimum absolute atomic E-state index is 0.198. The van der Waals surface area contributed by atoms with E-state index in [9.17, 15) is 48.7 Å². The Labute approximate surface area is 179 Å². The van der Waals surface area contributed by atoms with E-state index in [0.717, 1.165) is 24.3 Å². The number of allylic oxidation sites excluding steroid dienone is 1. The number of hydrogen-bond donors (Lipinski definition) is 0. The molecule has 33 heavy (non-hydrogen) atoms. The van der Waals surface area contributed by atoms with E-state index in [1.807, 2.05) is 0 Å².